The third kappa shape index (κ3) is 1.89. The van der Waals surface area contributed by atoms with E-state index < -0.39 is 0 Å². The Kier molecular flexibility index (Phi) is 2.32. The lowest BCUT2D eigenvalue weighted by molar-refractivity contribution is 0.0244. The minimum atomic E-state index is -0.189. The Balaban J connectivity index is 2.01. The number of aliphatic hydroxyl groups is 1. The van der Waals surface area contributed by atoms with Crippen molar-refractivity contribution >= 4 is 0 Å². The molecule has 2 heteroatoms. The highest BCUT2D eigenvalue weighted by Crippen LogP contribution is 2.30. The molecule has 1 N–H and O–H groups in total. The smallest absolute Gasteiger partial charge is 0.123 e. The normalized spacial score (nSPS) is 26.9. The fraction of sp³-hybridized carbons (Fsp3) is 0.455. The molecule has 2 rings (SSSR count). The van der Waals surface area contributed by atoms with Crippen molar-refractivity contribution < 1.29 is 9.50 Å². The average Bonchev–Trinajstić information content (AvgIpc) is 2.12. The lowest BCUT2D eigenvalue weighted by atomic mass is 9.78. The Bertz CT molecular complexity index is 298. The zero-order valence-electron chi connectivity index (χ0n) is 7.41. The molecule has 0 amide bonds. The van der Waals surface area contributed by atoms with E-state index in [0.717, 1.165) is 24.8 Å². The van der Waals surface area contributed by atoms with Crippen LogP contribution in [0.25, 0.3) is 0 Å². The van der Waals surface area contributed by atoms with Gasteiger partial charge in [0.15, 0.2) is 0 Å². The summed E-state index contributed by atoms with van der Waals surface area (Å²) < 4.78 is 12.8. The van der Waals surface area contributed by atoms with Gasteiger partial charge in [-0.05, 0) is 42.9 Å². The van der Waals surface area contributed by atoms with E-state index in [1.54, 1.807) is 12.1 Å². The minimum absolute atomic E-state index is 0.164. The molecule has 0 saturated heterocycles. The van der Waals surface area contributed by atoms with Gasteiger partial charge in [0.25, 0.3) is 0 Å². The Labute approximate surface area is 77.2 Å². The molecule has 1 aromatic rings. The molecule has 0 bridgehead atoms. The molecule has 1 fully saturated rings. The summed E-state index contributed by atoms with van der Waals surface area (Å²) in [5, 5.41) is 9.34. The molecule has 0 spiro atoms. The van der Waals surface area contributed by atoms with Crippen molar-refractivity contribution in [3.05, 3.63) is 35.6 Å². The summed E-state index contributed by atoms with van der Waals surface area (Å²) in [7, 11) is 0. The van der Waals surface area contributed by atoms with Crippen LogP contribution in [0.4, 0.5) is 4.39 Å². The van der Waals surface area contributed by atoms with Gasteiger partial charge < -0.3 is 5.11 Å². The molecule has 2 unspecified atom stereocenters. The van der Waals surface area contributed by atoms with Crippen molar-refractivity contribution in [2.24, 2.45) is 5.92 Å². The second kappa shape index (κ2) is 3.46. The Morgan fingerprint density at radius 3 is 2.77 bits per heavy atom. The van der Waals surface area contributed by atoms with Gasteiger partial charge in [-0.3, -0.25) is 0 Å². The minimum Gasteiger partial charge on any atom is -0.393 e. The van der Waals surface area contributed by atoms with E-state index in [0.29, 0.717) is 5.92 Å². The fourth-order valence-electron chi connectivity index (χ4n) is 1.76. The van der Waals surface area contributed by atoms with Crippen molar-refractivity contribution in [1.82, 2.24) is 0 Å². The van der Waals surface area contributed by atoms with Gasteiger partial charge in [0, 0.05) is 0 Å². The SMILES string of the molecule is OC1CCC1Cc1cccc(F)c1. The van der Waals surface area contributed by atoms with Crippen LogP contribution < -0.4 is 0 Å². The lowest BCUT2D eigenvalue weighted by Crippen LogP contribution is -2.32. The number of halogens is 1. The topological polar surface area (TPSA) is 20.2 Å². The molecule has 0 aliphatic heterocycles. The van der Waals surface area contributed by atoms with E-state index in [1.807, 2.05) is 6.07 Å². The van der Waals surface area contributed by atoms with Gasteiger partial charge in [0.05, 0.1) is 6.10 Å². The van der Waals surface area contributed by atoms with E-state index in [1.165, 1.54) is 6.07 Å². The van der Waals surface area contributed by atoms with Crippen molar-refractivity contribution in [3.63, 3.8) is 0 Å². The molecule has 0 aromatic heterocycles. The van der Waals surface area contributed by atoms with E-state index >= 15 is 0 Å². The van der Waals surface area contributed by atoms with Crippen LogP contribution in [-0.2, 0) is 6.42 Å². The Hall–Kier alpha value is -0.890. The number of hydrogen-bond acceptors (Lipinski definition) is 1. The Morgan fingerprint density at radius 1 is 1.38 bits per heavy atom. The van der Waals surface area contributed by atoms with Crippen LogP contribution in [0.5, 0.6) is 0 Å². The first-order valence-electron chi connectivity index (χ1n) is 4.68. The number of rotatable bonds is 2. The van der Waals surface area contributed by atoms with Crippen LogP contribution in [0.1, 0.15) is 18.4 Å². The fourth-order valence-corrected chi connectivity index (χ4v) is 1.76. The first-order chi connectivity index (χ1) is 6.25. The Morgan fingerprint density at radius 2 is 2.23 bits per heavy atom. The van der Waals surface area contributed by atoms with E-state index in [-0.39, 0.29) is 11.9 Å². The quantitative estimate of drug-likeness (QED) is 0.739. The largest absolute Gasteiger partial charge is 0.393 e. The molecule has 1 aliphatic rings. The first-order valence-corrected chi connectivity index (χ1v) is 4.68. The molecule has 0 heterocycles. The molecule has 1 aliphatic carbocycles. The van der Waals surface area contributed by atoms with Crippen LogP contribution in [0.15, 0.2) is 24.3 Å². The first kappa shape index (κ1) is 8.70. The predicted octanol–water partition coefficient (Wildman–Crippen LogP) is 2.14. The highest BCUT2D eigenvalue weighted by Gasteiger charge is 2.28. The van der Waals surface area contributed by atoms with Crippen molar-refractivity contribution in [2.45, 2.75) is 25.4 Å². The summed E-state index contributed by atoms with van der Waals surface area (Å²) in [5.74, 6) is 0.160. The maximum Gasteiger partial charge on any atom is 0.123 e. The summed E-state index contributed by atoms with van der Waals surface area (Å²) in [6.45, 7) is 0. The van der Waals surface area contributed by atoms with Gasteiger partial charge in [-0.2, -0.15) is 0 Å². The number of hydrogen-bond donors (Lipinski definition) is 1. The molecule has 0 radical (unpaired) electrons. The highest BCUT2D eigenvalue weighted by atomic mass is 19.1. The van der Waals surface area contributed by atoms with Gasteiger partial charge in [0.1, 0.15) is 5.82 Å². The van der Waals surface area contributed by atoms with Gasteiger partial charge >= 0.3 is 0 Å². The third-order valence-electron chi connectivity index (χ3n) is 2.76. The maximum absolute atomic E-state index is 12.8. The summed E-state index contributed by atoms with van der Waals surface area (Å²) in [4.78, 5) is 0. The van der Waals surface area contributed by atoms with Crippen molar-refractivity contribution in [2.75, 3.05) is 0 Å². The summed E-state index contributed by atoms with van der Waals surface area (Å²) in [5.41, 5.74) is 0.990. The van der Waals surface area contributed by atoms with Gasteiger partial charge in [0.2, 0.25) is 0 Å². The number of aliphatic hydroxyl groups excluding tert-OH is 1. The molecular weight excluding hydrogens is 167 g/mol. The molecule has 1 saturated carbocycles. The standard InChI is InChI=1S/C11H13FO/c12-10-3-1-2-8(7-10)6-9-4-5-11(9)13/h1-3,7,9,11,13H,4-6H2. The summed E-state index contributed by atoms with van der Waals surface area (Å²) >= 11 is 0. The summed E-state index contributed by atoms with van der Waals surface area (Å²) in [6.07, 6.45) is 2.61. The van der Waals surface area contributed by atoms with Crippen LogP contribution in [0.3, 0.4) is 0 Å². The van der Waals surface area contributed by atoms with E-state index in [4.69, 9.17) is 0 Å². The summed E-state index contributed by atoms with van der Waals surface area (Å²) in [6, 6.07) is 6.62. The maximum atomic E-state index is 12.8. The van der Waals surface area contributed by atoms with Gasteiger partial charge in [-0.25, -0.2) is 4.39 Å². The third-order valence-corrected chi connectivity index (χ3v) is 2.76. The van der Waals surface area contributed by atoms with Crippen molar-refractivity contribution in [1.29, 1.82) is 0 Å². The van der Waals surface area contributed by atoms with Crippen LogP contribution in [-0.4, -0.2) is 11.2 Å². The molecular formula is C11H13FO. The lowest BCUT2D eigenvalue weighted by Gasteiger charge is -2.32. The second-order valence-electron chi connectivity index (χ2n) is 3.74. The molecule has 13 heavy (non-hydrogen) atoms. The molecule has 1 aromatic carbocycles. The van der Waals surface area contributed by atoms with E-state index in [2.05, 4.69) is 0 Å². The van der Waals surface area contributed by atoms with Crippen LogP contribution in [0, 0.1) is 11.7 Å². The van der Waals surface area contributed by atoms with E-state index in [9.17, 15) is 9.50 Å². The average molecular weight is 180 g/mol. The zero-order valence-corrected chi connectivity index (χ0v) is 7.41. The van der Waals surface area contributed by atoms with Crippen LogP contribution in [0.2, 0.25) is 0 Å². The molecule has 2 atom stereocenters. The van der Waals surface area contributed by atoms with Crippen LogP contribution >= 0.6 is 0 Å². The molecule has 70 valence electrons. The highest BCUT2D eigenvalue weighted by molar-refractivity contribution is 5.17. The van der Waals surface area contributed by atoms with Crippen molar-refractivity contribution in [3.8, 4) is 0 Å². The zero-order chi connectivity index (χ0) is 9.26. The monoisotopic (exact) mass is 180 g/mol. The molecule has 1 nitrogen and oxygen atoms in total. The number of benzene rings is 1. The predicted molar refractivity (Wildman–Crippen MR) is 48.8 cm³/mol. The van der Waals surface area contributed by atoms with Gasteiger partial charge in [-0.15, -0.1) is 0 Å². The van der Waals surface area contributed by atoms with Gasteiger partial charge in [-0.1, -0.05) is 12.1 Å². The second-order valence-corrected chi connectivity index (χ2v) is 3.74.